The Morgan fingerprint density at radius 2 is 2.00 bits per heavy atom. The SMILES string of the molecule is C=CCCc1cccc(C(F)(F)F)c1. The fraction of sp³-hybridized carbons (Fsp3) is 0.273. The predicted molar refractivity (Wildman–Crippen MR) is 50.0 cm³/mol. The number of benzene rings is 1. The van der Waals surface area contributed by atoms with Crippen LogP contribution in [0.1, 0.15) is 17.5 Å². The quantitative estimate of drug-likeness (QED) is 0.650. The molecule has 0 amide bonds. The van der Waals surface area contributed by atoms with E-state index >= 15 is 0 Å². The summed E-state index contributed by atoms with van der Waals surface area (Å²) < 4.78 is 36.8. The van der Waals surface area contributed by atoms with Crippen molar-refractivity contribution in [1.29, 1.82) is 0 Å². The summed E-state index contributed by atoms with van der Waals surface area (Å²) in [7, 11) is 0. The smallest absolute Gasteiger partial charge is 0.166 e. The molecule has 0 aliphatic carbocycles. The van der Waals surface area contributed by atoms with Gasteiger partial charge >= 0.3 is 6.18 Å². The molecule has 0 spiro atoms. The largest absolute Gasteiger partial charge is 0.416 e. The van der Waals surface area contributed by atoms with Crippen LogP contribution in [0, 0.1) is 0 Å². The topological polar surface area (TPSA) is 0 Å². The molecule has 1 rings (SSSR count). The standard InChI is InChI=1S/C11H11F3/c1-2-3-5-9-6-4-7-10(8-9)11(12,13)14/h2,4,6-8H,1,3,5H2. The van der Waals surface area contributed by atoms with Crippen LogP contribution in [-0.4, -0.2) is 0 Å². The number of halogens is 3. The molecule has 0 aromatic heterocycles. The van der Waals surface area contributed by atoms with Gasteiger partial charge in [-0.2, -0.15) is 13.2 Å². The van der Waals surface area contributed by atoms with Gasteiger partial charge in [-0.3, -0.25) is 0 Å². The highest BCUT2D eigenvalue weighted by atomic mass is 19.4. The van der Waals surface area contributed by atoms with Gasteiger partial charge in [0.1, 0.15) is 0 Å². The maximum atomic E-state index is 12.3. The van der Waals surface area contributed by atoms with E-state index in [2.05, 4.69) is 6.58 Å². The van der Waals surface area contributed by atoms with Gasteiger partial charge in [-0.15, -0.1) is 6.58 Å². The molecule has 3 heteroatoms. The number of hydrogen-bond acceptors (Lipinski definition) is 0. The van der Waals surface area contributed by atoms with Gasteiger partial charge in [-0.05, 0) is 24.5 Å². The Labute approximate surface area is 81.1 Å². The average Bonchev–Trinajstić information content (AvgIpc) is 2.14. The van der Waals surface area contributed by atoms with Gasteiger partial charge < -0.3 is 0 Å². The van der Waals surface area contributed by atoms with Crippen molar-refractivity contribution in [2.24, 2.45) is 0 Å². The first-order valence-corrected chi connectivity index (χ1v) is 4.31. The highest BCUT2D eigenvalue weighted by Gasteiger charge is 2.30. The number of alkyl halides is 3. The lowest BCUT2D eigenvalue weighted by Crippen LogP contribution is -2.05. The lowest BCUT2D eigenvalue weighted by atomic mass is 10.1. The minimum Gasteiger partial charge on any atom is -0.166 e. The molecular weight excluding hydrogens is 189 g/mol. The van der Waals surface area contributed by atoms with Gasteiger partial charge in [-0.1, -0.05) is 24.3 Å². The highest BCUT2D eigenvalue weighted by Crippen LogP contribution is 2.29. The molecular formula is C11H11F3. The van der Waals surface area contributed by atoms with Crippen LogP contribution in [0.3, 0.4) is 0 Å². The molecule has 14 heavy (non-hydrogen) atoms. The molecule has 0 bridgehead atoms. The minimum atomic E-state index is -4.25. The number of aryl methyl sites for hydroxylation is 1. The van der Waals surface area contributed by atoms with Crippen LogP contribution in [-0.2, 0) is 12.6 Å². The fourth-order valence-corrected chi connectivity index (χ4v) is 1.17. The summed E-state index contributed by atoms with van der Waals surface area (Å²) in [6.45, 7) is 3.52. The molecule has 0 nitrogen and oxygen atoms in total. The van der Waals surface area contributed by atoms with Crippen molar-refractivity contribution in [3.63, 3.8) is 0 Å². The third-order valence-electron chi connectivity index (χ3n) is 1.89. The highest BCUT2D eigenvalue weighted by molar-refractivity contribution is 5.25. The summed E-state index contributed by atoms with van der Waals surface area (Å²) in [6, 6.07) is 5.39. The second kappa shape index (κ2) is 4.31. The fourth-order valence-electron chi connectivity index (χ4n) is 1.17. The van der Waals surface area contributed by atoms with E-state index in [9.17, 15) is 13.2 Å². The normalized spacial score (nSPS) is 11.4. The van der Waals surface area contributed by atoms with Crippen molar-refractivity contribution in [2.75, 3.05) is 0 Å². The van der Waals surface area contributed by atoms with Crippen molar-refractivity contribution < 1.29 is 13.2 Å². The monoisotopic (exact) mass is 200 g/mol. The summed E-state index contributed by atoms with van der Waals surface area (Å²) in [6.07, 6.45) is -1.25. The number of hydrogen-bond donors (Lipinski definition) is 0. The maximum absolute atomic E-state index is 12.3. The zero-order valence-corrected chi connectivity index (χ0v) is 7.64. The summed E-state index contributed by atoms with van der Waals surface area (Å²) in [5.74, 6) is 0. The van der Waals surface area contributed by atoms with Crippen LogP contribution < -0.4 is 0 Å². The van der Waals surface area contributed by atoms with Gasteiger partial charge in [0.05, 0.1) is 5.56 Å². The van der Waals surface area contributed by atoms with E-state index in [1.807, 2.05) is 0 Å². The summed E-state index contributed by atoms with van der Waals surface area (Å²) in [5, 5.41) is 0. The van der Waals surface area contributed by atoms with Gasteiger partial charge in [0.25, 0.3) is 0 Å². The molecule has 0 fully saturated rings. The Morgan fingerprint density at radius 1 is 1.29 bits per heavy atom. The zero-order valence-electron chi connectivity index (χ0n) is 7.64. The molecule has 0 atom stereocenters. The van der Waals surface area contributed by atoms with E-state index in [1.54, 1.807) is 12.1 Å². The van der Waals surface area contributed by atoms with Crippen molar-refractivity contribution >= 4 is 0 Å². The first-order valence-electron chi connectivity index (χ1n) is 4.31. The van der Waals surface area contributed by atoms with Crippen LogP contribution in [0.5, 0.6) is 0 Å². The molecule has 0 saturated carbocycles. The molecule has 0 unspecified atom stereocenters. The van der Waals surface area contributed by atoms with Gasteiger partial charge in [0, 0.05) is 0 Å². The number of allylic oxidation sites excluding steroid dienone is 1. The van der Waals surface area contributed by atoms with Crippen molar-refractivity contribution in [3.05, 3.63) is 48.0 Å². The van der Waals surface area contributed by atoms with E-state index < -0.39 is 11.7 Å². The maximum Gasteiger partial charge on any atom is 0.416 e. The number of rotatable bonds is 3. The van der Waals surface area contributed by atoms with Gasteiger partial charge in [-0.25, -0.2) is 0 Å². The Kier molecular flexibility index (Phi) is 3.33. The molecule has 76 valence electrons. The van der Waals surface area contributed by atoms with Crippen LogP contribution in [0.4, 0.5) is 13.2 Å². The summed E-state index contributed by atoms with van der Waals surface area (Å²) in [5.41, 5.74) is 0.110. The third-order valence-corrected chi connectivity index (χ3v) is 1.89. The Hall–Kier alpha value is -1.25. The van der Waals surface area contributed by atoms with E-state index in [1.165, 1.54) is 12.1 Å². The van der Waals surface area contributed by atoms with Crippen molar-refractivity contribution in [2.45, 2.75) is 19.0 Å². The second-order valence-electron chi connectivity index (χ2n) is 3.03. The summed E-state index contributed by atoms with van der Waals surface area (Å²) >= 11 is 0. The average molecular weight is 200 g/mol. The molecule has 0 radical (unpaired) electrons. The van der Waals surface area contributed by atoms with Crippen LogP contribution in [0.2, 0.25) is 0 Å². The molecule has 0 aliphatic heterocycles. The third kappa shape index (κ3) is 2.91. The Balaban J connectivity index is 2.84. The van der Waals surface area contributed by atoms with Gasteiger partial charge in [0.2, 0.25) is 0 Å². The van der Waals surface area contributed by atoms with Crippen LogP contribution in [0.15, 0.2) is 36.9 Å². The lowest BCUT2D eigenvalue weighted by Gasteiger charge is -2.07. The van der Waals surface area contributed by atoms with Gasteiger partial charge in [0.15, 0.2) is 0 Å². The van der Waals surface area contributed by atoms with Crippen molar-refractivity contribution in [1.82, 2.24) is 0 Å². The minimum absolute atomic E-state index is 0.584. The van der Waals surface area contributed by atoms with E-state index in [-0.39, 0.29) is 0 Å². The van der Waals surface area contributed by atoms with E-state index in [0.29, 0.717) is 18.4 Å². The Bertz CT molecular complexity index is 313. The second-order valence-corrected chi connectivity index (χ2v) is 3.03. The Morgan fingerprint density at radius 3 is 2.57 bits per heavy atom. The molecule has 0 aliphatic rings. The first kappa shape index (κ1) is 10.8. The molecule has 0 N–H and O–H groups in total. The van der Waals surface area contributed by atoms with E-state index in [0.717, 1.165) is 6.07 Å². The summed E-state index contributed by atoms with van der Waals surface area (Å²) in [4.78, 5) is 0. The zero-order chi connectivity index (χ0) is 10.6. The predicted octanol–water partition coefficient (Wildman–Crippen LogP) is 3.82. The lowest BCUT2D eigenvalue weighted by molar-refractivity contribution is -0.137. The molecule has 0 saturated heterocycles. The first-order chi connectivity index (χ1) is 6.54. The van der Waals surface area contributed by atoms with Crippen molar-refractivity contribution in [3.8, 4) is 0 Å². The van der Waals surface area contributed by atoms with Crippen LogP contribution in [0.25, 0.3) is 0 Å². The van der Waals surface area contributed by atoms with E-state index in [4.69, 9.17) is 0 Å². The van der Waals surface area contributed by atoms with Crippen LogP contribution >= 0.6 is 0 Å². The molecule has 0 heterocycles. The molecule has 1 aromatic carbocycles. The molecule has 1 aromatic rings.